The summed E-state index contributed by atoms with van der Waals surface area (Å²) in [6.07, 6.45) is -1.58. The quantitative estimate of drug-likeness (QED) is 0.469. The highest BCUT2D eigenvalue weighted by Gasteiger charge is 2.32. The van der Waals surface area contributed by atoms with Crippen molar-refractivity contribution in [3.05, 3.63) is 60.4 Å². The summed E-state index contributed by atoms with van der Waals surface area (Å²) < 4.78 is 47.9. The average Bonchev–Trinajstić information content (AvgIpc) is 3.35. The first-order chi connectivity index (χ1) is 16.8. The van der Waals surface area contributed by atoms with Gasteiger partial charge in [-0.1, -0.05) is 12.1 Å². The minimum atomic E-state index is -4.97. The second-order valence-corrected chi connectivity index (χ2v) is 7.71. The largest absolute Gasteiger partial charge is 0.573 e. The summed E-state index contributed by atoms with van der Waals surface area (Å²) >= 11 is 0. The van der Waals surface area contributed by atoms with Gasteiger partial charge in [0.1, 0.15) is 0 Å². The van der Waals surface area contributed by atoms with Gasteiger partial charge in [0, 0.05) is 36.1 Å². The number of nitrogens with zero attached hydrogens (tertiary/aromatic N) is 2. The Balaban J connectivity index is 1.48. The van der Waals surface area contributed by atoms with E-state index in [-0.39, 0.29) is 17.8 Å². The maximum absolute atomic E-state index is 12.9. The van der Waals surface area contributed by atoms with E-state index in [0.29, 0.717) is 32.0 Å². The van der Waals surface area contributed by atoms with Crippen molar-refractivity contribution in [1.29, 1.82) is 0 Å². The predicted octanol–water partition coefficient (Wildman–Crippen LogP) is 3.50. The van der Waals surface area contributed by atoms with Crippen molar-refractivity contribution in [2.45, 2.75) is 6.36 Å². The predicted molar refractivity (Wildman–Crippen MR) is 121 cm³/mol. The van der Waals surface area contributed by atoms with Gasteiger partial charge in [0.25, 0.3) is 5.91 Å². The lowest BCUT2D eigenvalue weighted by Crippen LogP contribution is -2.41. The molecule has 1 aliphatic heterocycles. The van der Waals surface area contributed by atoms with E-state index < -0.39 is 23.9 Å². The van der Waals surface area contributed by atoms with Crippen molar-refractivity contribution in [2.24, 2.45) is 0 Å². The fraction of sp³-hybridized carbons (Fsp3) is 0.261. The average molecular weight is 489 g/mol. The van der Waals surface area contributed by atoms with Crippen LogP contribution >= 0.6 is 0 Å². The molecule has 0 spiro atoms. The molecule has 0 atom stereocenters. The van der Waals surface area contributed by atoms with Gasteiger partial charge in [-0.15, -0.1) is 13.2 Å². The summed E-state index contributed by atoms with van der Waals surface area (Å²) in [5, 5.41) is 11.7. The fourth-order valence-corrected chi connectivity index (χ4v) is 3.49. The standard InChI is InChI=1S/C23H22F3N5O4/c24-23(25,26)35-20-6-3-16(11-19(20)30-21(32)14-31-7-9-34-10-8-31)22(33)29-18-4-1-15(2-5-18)17-12-27-28-13-17/h1-6,11-13H,7-10,14H2,(H,27,28)(H,29,33)(H,30,32). The van der Waals surface area contributed by atoms with Gasteiger partial charge < -0.3 is 20.1 Å². The lowest BCUT2D eigenvalue weighted by Gasteiger charge is -2.26. The molecule has 1 saturated heterocycles. The lowest BCUT2D eigenvalue weighted by atomic mass is 10.1. The van der Waals surface area contributed by atoms with E-state index in [1.165, 1.54) is 6.07 Å². The molecule has 2 aromatic carbocycles. The number of rotatable bonds is 7. The Morgan fingerprint density at radius 2 is 1.80 bits per heavy atom. The van der Waals surface area contributed by atoms with Crippen LogP contribution in [0.1, 0.15) is 10.4 Å². The number of morpholine rings is 1. The Morgan fingerprint density at radius 1 is 1.06 bits per heavy atom. The third-order valence-electron chi connectivity index (χ3n) is 5.19. The number of aromatic nitrogens is 2. The fourth-order valence-electron chi connectivity index (χ4n) is 3.49. The number of hydrogen-bond acceptors (Lipinski definition) is 6. The van der Waals surface area contributed by atoms with Crippen molar-refractivity contribution in [2.75, 3.05) is 43.5 Å². The van der Waals surface area contributed by atoms with Crippen molar-refractivity contribution >= 4 is 23.2 Å². The van der Waals surface area contributed by atoms with Gasteiger partial charge in [-0.05, 0) is 35.9 Å². The number of halogens is 3. The van der Waals surface area contributed by atoms with Crippen molar-refractivity contribution < 1.29 is 32.2 Å². The van der Waals surface area contributed by atoms with Crippen LogP contribution in [0.3, 0.4) is 0 Å². The highest BCUT2D eigenvalue weighted by molar-refractivity contribution is 6.06. The number of carbonyl (C=O) groups excluding carboxylic acids is 2. The summed E-state index contributed by atoms with van der Waals surface area (Å²) in [6, 6.07) is 10.3. The number of carbonyl (C=O) groups is 2. The molecule has 0 bridgehead atoms. The first-order valence-electron chi connectivity index (χ1n) is 10.7. The van der Waals surface area contributed by atoms with E-state index in [4.69, 9.17) is 4.74 Å². The second kappa shape index (κ2) is 10.6. The zero-order chi connectivity index (χ0) is 24.8. The van der Waals surface area contributed by atoms with Crippen LogP contribution in [0.4, 0.5) is 24.5 Å². The normalized spacial score (nSPS) is 14.4. The minimum absolute atomic E-state index is 0.0335. The van der Waals surface area contributed by atoms with Crippen LogP contribution in [0.25, 0.3) is 11.1 Å². The number of amides is 2. The van der Waals surface area contributed by atoms with Gasteiger partial charge >= 0.3 is 6.36 Å². The molecular formula is C23H22F3N5O4. The van der Waals surface area contributed by atoms with Gasteiger partial charge in [-0.3, -0.25) is 19.6 Å². The molecule has 12 heteroatoms. The number of benzene rings is 2. The number of ether oxygens (including phenoxy) is 2. The zero-order valence-corrected chi connectivity index (χ0v) is 18.4. The third kappa shape index (κ3) is 6.80. The Labute approximate surface area is 198 Å². The molecule has 0 saturated carbocycles. The first-order valence-corrected chi connectivity index (χ1v) is 10.7. The molecule has 3 aromatic rings. The van der Waals surface area contributed by atoms with Crippen molar-refractivity contribution in [3.63, 3.8) is 0 Å². The summed E-state index contributed by atoms with van der Waals surface area (Å²) in [7, 11) is 0. The molecule has 9 nitrogen and oxygen atoms in total. The number of anilines is 2. The molecule has 184 valence electrons. The summed E-state index contributed by atoms with van der Waals surface area (Å²) in [5.74, 6) is -1.72. The van der Waals surface area contributed by atoms with Crippen LogP contribution < -0.4 is 15.4 Å². The maximum atomic E-state index is 12.9. The molecule has 0 radical (unpaired) electrons. The zero-order valence-electron chi connectivity index (χ0n) is 18.4. The van der Waals surface area contributed by atoms with Crippen LogP contribution in [-0.2, 0) is 9.53 Å². The Kier molecular flexibility index (Phi) is 7.32. The molecule has 1 fully saturated rings. The molecule has 4 rings (SSSR count). The molecule has 35 heavy (non-hydrogen) atoms. The topological polar surface area (TPSA) is 109 Å². The highest BCUT2D eigenvalue weighted by atomic mass is 19.4. The lowest BCUT2D eigenvalue weighted by molar-refractivity contribution is -0.274. The van der Waals surface area contributed by atoms with Crippen LogP contribution in [0, 0.1) is 0 Å². The smallest absolute Gasteiger partial charge is 0.404 e. The SMILES string of the molecule is O=C(CN1CCOCC1)Nc1cc(C(=O)Nc2ccc(-c3cn[nH]c3)cc2)ccc1OC(F)(F)F. The molecule has 1 aliphatic rings. The molecular weight excluding hydrogens is 467 g/mol. The molecule has 3 N–H and O–H groups in total. The molecule has 0 unspecified atom stereocenters. The number of alkyl halides is 3. The van der Waals surface area contributed by atoms with Gasteiger partial charge in [0.05, 0.1) is 31.6 Å². The molecule has 1 aromatic heterocycles. The van der Waals surface area contributed by atoms with Gasteiger partial charge in [-0.25, -0.2) is 0 Å². The number of hydrogen-bond donors (Lipinski definition) is 3. The maximum Gasteiger partial charge on any atom is 0.573 e. The summed E-state index contributed by atoms with van der Waals surface area (Å²) in [4.78, 5) is 27.0. The Morgan fingerprint density at radius 3 is 2.46 bits per heavy atom. The van der Waals surface area contributed by atoms with E-state index >= 15 is 0 Å². The Hall–Kier alpha value is -3.90. The summed E-state index contributed by atoms with van der Waals surface area (Å²) in [6.45, 7) is 1.96. The third-order valence-corrected chi connectivity index (χ3v) is 5.19. The van der Waals surface area contributed by atoms with E-state index in [9.17, 15) is 22.8 Å². The highest BCUT2D eigenvalue weighted by Crippen LogP contribution is 2.31. The van der Waals surface area contributed by atoms with Crippen LogP contribution in [0.15, 0.2) is 54.9 Å². The van der Waals surface area contributed by atoms with Gasteiger partial charge in [0.15, 0.2) is 5.75 Å². The first kappa shape index (κ1) is 24.2. The van der Waals surface area contributed by atoms with E-state index in [1.807, 2.05) is 4.90 Å². The van der Waals surface area contributed by atoms with Crippen LogP contribution in [0.2, 0.25) is 0 Å². The van der Waals surface area contributed by atoms with Crippen molar-refractivity contribution in [1.82, 2.24) is 15.1 Å². The second-order valence-electron chi connectivity index (χ2n) is 7.71. The van der Waals surface area contributed by atoms with E-state index in [1.54, 1.807) is 36.7 Å². The number of H-pyrrole nitrogens is 1. The molecule has 2 heterocycles. The minimum Gasteiger partial charge on any atom is -0.404 e. The number of aromatic amines is 1. The van der Waals surface area contributed by atoms with E-state index in [0.717, 1.165) is 23.3 Å². The van der Waals surface area contributed by atoms with Crippen molar-refractivity contribution in [3.8, 4) is 16.9 Å². The molecule has 0 aliphatic carbocycles. The monoisotopic (exact) mass is 489 g/mol. The molecule has 2 amide bonds. The van der Waals surface area contributed by atoms with Gasteiger partial charge in [-0.2, -0.15) is 5.10 Å². The Bertz CT molecular complexity index is 1160. The van der Waals surface area contributed by atoms with Crippen LogP contribution in [0.5, 0.6) is 5.75 Å². The summed E-state index contributed by atoms with van der Waals surface area (Å²) in [5.41, 5.74) is 2.02. The van der Waals surface area contributed by atoms with E-state index in [2.05, 4.69) is 25.6 Å². The van der Waals surface area contributed by atoms with Crippen LogP contribution in [-0.4, -0.2) is 66.1 Å². The number of nitrogens with one attached hydrogen (secondary N) is 3. The van der Waals surface area contributed by atoms with Gasteiger partial charge in [0.2, 0.25) is 5.91 Å².